The highest BCUT2D eigenvalue weighted by molar-refractivity contribution is 6.30. The number of nitrogens with one attached hydrogen (secondary N) is 1. The number of hydrogen-bond donors (Lipinski definition) is 1. The predicted octanol–water partition coefficient (Wildman–Crippen LogP) is 5.63. The molecular weight excluding hydrogens is 365 g/mol. The zero-order valence-corrected chi connectivity index (χ0v) is 15.4. The van der Waals surface area contributed by atoms with Crippen molar-refractivity contribution in [3.8, 4) is 5.75 Å². The minimum Gasteiger partial charge on any atom is -0.497 e. The molecule has 0 unspecified atom stereocenters. The highest BCUT2D eigenvalue weighted by atomic mass is 35.5. The number of fused-ring (bicyclic) bond motifs is 1. The minimum absolute atomic E-state index is 0.253. The van der Waals surface area contributed by atoms with Crippen LogP contribution >= 0.6 is 11.6 Å². The Balaban J connectivity index is 1.76. The van der Waals surface area contributed by atoms with E-state index in [-0.39, 0.29) is 5.82 Å². The number of anilines is 2. The number of methoxy groups -OCH3 is 1. The molecule has 0 amide bonds. The minimum atomic E-state index is -0.253. The van der Waals surface area contributed by atoms with Crippen LogP contribution in [0.15, 0.2) is 66.7 Å². The molecule has 4 nitrogen and oxygen atoms in total. The molecule has 4 rings (SSSR count). The van der Waals surface area contributed by atoms with Gasteiger partial charge in [0, 0.05) is 16.1 Å². The van der Waals surface area contributed by atoms with Gasteiger partial charge in [0.25, 0.3) is 0 Å². The van der Waals surface area contributed by atoms with E-state index in [1.54, 1.807) is 19.2 Å². The van der Waals surface area contributed by atoms with E-state index in [1.807, 2.05) is 47.1 Å². The lowest BCUT2D eigenvalue weighted by atomic mass is 10.2. The third kappa shape index (κ3) is 3.73. The van der Waals surface area contributed by atoms with E-state index in [0.29, 0.717) is 17.4 Å². The van der Waals surface area contributed by atoms with Gasteiger partial charge in [-0.2, -0.15) is 5.10 Å². The van der Waals surface area contributed by atoms with Gasteiger partial charge in [0.2, 0.25) is 0 Å². The van der Waals surface area contributed by atoms with Gasteiger partial charge in [0.05, 0.1) is 19.2 Å². The number of hydrogen-bond acceptors (Lipinski definition) is 3. The van der Waals surface area contributed by atoms with Crippen LogP contribution in [0.3, 0.4) is 0 Å². The highest BCUT2D eigenvalue weighted by Gasteiger charge is 2.13. The van der Waals surface area contributed by atoms with Crippen molar-refractivity contribution in [1.29, 1.82) is 0 Å². The van der Waals surface area contributed by atoms with Crippen molar-refractivity contribution >= 4 is 34.0 Å². The van der Waals surface area contributed by atoms with Crippen LogP contribution in [0.2, 0.25) is 5.02 Å². The van der Waals surface area contributed by atoms with Crippen LogP contribution in [-0.4, -0.2) is 16.9 Å². The number of aromatic nitrogens is 2. The molecular formula is C21H17ClFN3O. The Morgan fingerprint density at radius 1 is 1.07 bits per heavy atom. The number of benzene rings is 3. The molecule has 27 heavy (non-hydrogen) atoms. The smallest absolute Gasteiger partial charge is 0.160 e. The lowest BCUT2D eigenvalue weighted by molar-refractivity contribution is 0.415. The zero-order chi connectivity index (χ0) is 18.8. The molecule has 3 aromatic carbocycles. The molecule has 0 saturated carbocycles. The maximum atomic E-state index is 13.2. The van der Waals surface area contributed by atoms with Crippen molar-refractivity contribution < 1.29 is 9.13 Å². The Hall–Kier alpha value is -3.05. The summed E-state index contributed by atoms with van der Waals surface area (Å²) in [5.74, 6) is 1.20. The predicted molar refractivity (Wildman–Crippen MR) is 107 cm³/mol. The van der Waals surface area contributed by atoms with E-state index >= 15 is 0 Å². The van der Waals surface area contributed by atoms with Crippen molar-refractivity contribution in [2.75, 3.05) is 12.4 Å². The van der Waals surface area contributed by atoms with Crippen LogP contribution in [0.1, 0.15) is 5.56 Å². The van der Waals surface area contributed by atoms with Gasteiger partial charge in [0.1, 0.15) is 11.6 Å². The summed E-state index contributed by atoms with van der Waals surface area (Å²) in [5, 5.41) is 9.62. The molecule has 1 aromatic heterocycles. The summed E-state index contributed by atoms with van der Waals surface area (Å²) in [5.41, 5.74) is 2.76. The van der Waals surface area contributed by atoms with Crippen molar-refractivity contribution in [2.45, 2.75) is 6.54 Å². The van der Waals surface area contributed by atoms with E-state index in [9.17, 15) is 4.39 Å². The summed E-state index contributed by atoms with van der Waals surface area (Å²) in [6.07, 6.45) is 0. The third-order valence-electron chi connectivity index (χ3n) is 4.29. The monoisotopic (exact) mass is 381 g/mol. The van der Waals surface area contributed by atoms with Gasteiger partial charge in [-0.3, -0.25) is 4.68 Å². The average molecular weight is 382 g/mol. The molecule has 1 heterocycles. The second-order valence-electron chi connectivity index (χ2n) is 6.15. The van der Waals surface area contributed by atoms with Gasteiger partial charge in [-0.1, -0.05) is 29.8 Å². The second kappa shape index (κ2) is 7.29. The second-order valence-corrected chi connectivity index (χ2v) is 6.59. The fourth-order valence-corrected chi connectivity index (χ4v) is 3.15. The first-order chi connectivity index (χ1) is 13.1. The third-order valence-corrected chi connectivity index (χ3v) is 4.53. The van der Waals surface area contributed by atoms with E-state index in [4.69, 9.17) is 21.4 Å². The lowest BCUT2D eigenvalue weighted by Gasteiger charge is -2.04. The normalized spacial score (nSPS) is 10.9. The maximum absolute atomic E-state index is 13.2. The Kier molecular flexibility index (Phi) is 4.69. The summed E-state index contributed by atoms with van der Waals surface area (Å²) >= 11 is 6.09. The highest BCUT2D eigenvalue weighted by Crippen LogP contribution is 2.30. The molecule has 0 fully saturated rings. The number of nitrogens with zero attached hydrogens (tertiary/aromatic N) is 2. The Morgan fingerprint density at radius 2 is 1.89 bits per heavy atom. The molecule has 0 aliphatic rings. The zero-order valence-electron chi connectivity index (χ0n) is 14.6. The van der Waals surface area contributed by atoms with Gasteiger partial charge in [-0.05, 0) is 54.1 Å². The molecule has 0 aliphatic carbocycles. The molecule has 0 atom stereocenters. The molecule has 0 saturated heterocycles. The number of halogens is 2. The fourth-order valence-electron chi connectivity index (χ4n) is 2.96. The van der Waals surface area contributed by atoms with Crippen LogP contribution in [0.4, 0.5) is 15.9 Å². The molecule has 0 aliphatic heterocycles. The Morgan fingerprint density at radius 3 is 2.63 bits per heavy atom. The Bertz CT molecular complexity index is 1090. The first-order valence-corrected chi connectivity index (χ1v) is 8.82. The fraction of sp³-hybridized carbons (Fsp3) is 0.0952. The van der Waals surface area contributed by atoms with E-state index in [0.717, 1.165) is 27.9 Å². The summed E-state index contributed by atoms with van der Waals surface area (Å²) < 4.78 is 20.4. The van der Waals surface area contributed by atoms with Gasteiger partial charge < -0.3 is 10.1 Å². The van der Waals surface area contributed by atoms with Crippen molar-refractivity contribution in [3.63, 3.8) is 0 Å². The molecule has 4 aromatic rings. The first kappa shape index (κ1) is 17.4. The molecule has 136 valence electrons. The number of ether oxygens (including phenoxy) is 1. The van der Waals surface area contributed by atoms with Gasteiger partial charge in [0.15, 0.2) is 5.82 Å². The van der Waals surface area contributed by atoms with Crippen molar-refractivity contribution in [1.82, 2.24) is 9.78 Å². The maximum Gasteiger partial charge on any atom is 0.160 e. The molecule has 1 N–H and O–H groups in total. The van der Waals surface area contributed by atoms with Crippen LogP contribution in [0.25, 0.3) is 10.9 Å². The average Bonchev–Trinajstić information content (AvgIpc) is 3.00. The summed E-state index contributed by atoms with van der Waals surface area (Å²) in [4.78, 5) is 0. The standard InChI is InChI=1S/C21H17ClFN3O/c1-27-18-9-10-20-19(12-18)21(24-17-4-2-3-15(22)11-17)25-26(20)13-14-5-7-16(23)8-6-14/h2-12H,13H2,1H3,(H,24,25). The molecule has 0 bridgehead atoms. The van der Waals surface area contributed by atoms with Gasteiger partial charge >= 0.3 is 0 Å². The SMILES string of the molecule is COc1ccc2c(c1)c(Nc1cccc(Cl)c1)nn2Cc1ccc(F)cc1. The summed E-state index contributed by atoms with van der Waals surface area (Å²) in [6, 6.07) is 19.7. The largest absolute Gasteiger partial charge is 0.497 e. The Labute approximate surface area is 161 Å². The van der Waals surface area contributed by atoms with Crippen LogP contribution < -0.4 is 10.1 Å². The summed E-state index contributed by atoms with van der Waals surface area (Å²) in [7, 11) is 1.63. The quantitative estimate of drug-likeness (QED) is 0.487. The van der Waals surface area contributed by atoms with E-state index < -0.39 is 0 Å². The van der Waals surface area contributed by atoms with Gasteiger partial charge in [-0.15, -0.1) is 0 Å². The molecule has 6 heteroatoms. The van der Waals surface area contributed by atoms with Crippen LogP contribution in [-0.2, 0) is 6.54 Å². The van der Waals surface area contributed by atoms with Gasteiger partial charge in [-0.25, -0.2) is 4.39 Å². The van der Waals surface area contributed by atoms with Crippen LogP contribution in [0, 0.1) is 5.82 Å². The van der Waals surface area contributed by atoms with Crippen molar-refractivity contribution in [3.05, 3.63) is 83.1 Å². The molecule has 0 spiro atoms. The topological polar surface area (TPSA) is 39.1 Å². The van der Waals surface area contributed by atoms with Crippen molar-refractivity contribution in [2.24, 2.45) is 0 Å². The number of rotatable bonds is 5. The van der Waals surface area contributed by atoms with E-state index in [1.165, 1.54) is 12.1 Å². The lowest BCUT2D eigenvalue weighted by Crippen LogP contribution is -2.02. The van der Waals surface area contributed by atoms with Crippen LogP contribution in [0.5, 0.6) is 5.75 Å². The van der Waals surface area contributed by atoms with E-state index in [2.05, 4.69) is 5.32 Å². The summed E-state index contributed by atoms with van der Waals surface area (Å²) in [6.45, 7) is 0.528. The molecule has 0 radical (unpaired) electrons. The first-order valence-electron chi connectivity index (χ1n) is 8.44.